The topological polar surface area (TPSA) is 67.8 Å². The van der Waals surface area contributed by atoms with Crippen LogP contribution in [0.2, 0.25) is 0 Å². The minimum Gasteiger partial charge on any atom is -0.691 e. The minimum atomic E-state index is -0.386. The van der Waals surface area contributed by atoms with Crippen molar-refractivity contribution >= 4 is 29.6 Å². The summed E-state index contributed by atoms with van der Waals surface area (Å²) >= 11 is 6.20. The number of esters is 1. The maximum Gasteiger partial charge on any atom is 1.00 e. The van der Waals surface area contributed by atoms with Crippen LogP contribution in [0.25, 0.3) is 0 Å². The molecule has 0 aliphatic heterocycles. The molecule has 1 aromatic rings. The summed E-state index contributed by atoms with van der Waals surface area (Å²) in [4.78, 5) is 11.9. The summed E-state index contributed by atoms with van der Waals surface area (Å²) in [6, 6.07) is 4.95. The Bertz CT molecular complexity index is 391. The molecule has 0 aromatic heterocycles. The summed E-state index contributed by atoms with van der Waals surface area (Å²) in [5, 5.41) is 12.9. The summed E-state index contributed by atoms with van der Waals surface area (Å²) in [7, 11) is 0. The summed E-state index contributed by atoms with van der Waals surface area (Å²) < 4.78 is 9.25. The van der Waals surface area contributed by atoms with E-state index < -0.39 is 0 Å². The van der Waals surface area contributed by atoms with Crippen molar-refractivity contribution in [3.8, 4) is 5.75 Å². The molecule has 0 N–H and O–H groups in total. The molecular formula is C10H10ClNaO5S. The maximum atomic E-state index is 11.2. The molecule has 8 heteroatoms. The Morgan fingerprint density at radius 2 is 2.22 bits per heavy atom. The summed E-state index contributed by atoms with van der Waals surface area (Å²) in [6.45, 7) is 1.77. The minimum absolute atomic E-state index is 0. The van der Waals surface area contributed by atoms with Crippen molar-refractivity contribution in [2.24, 2.45) is 0 Å². The number of carbonyl (C=O) groups is 1. The Morgan fingerprint density at radius 1 is 1.50 bits per heavy atom. The van der Waals surface area contributed by atoms with Crippen LogP contribution in [-0.4, -0.2) is 11.8 Å². The smallest absolute Gasteiger partial charge is 0.691 e. The number of carbonyl (C=O) groups excluding carboxylic acids is 1. The molecule has 1 aromatic carbocycles. The fourth-order valence-electron chi connectivity index (χ4n) is 1.09. The van der Waals surface area contributed by atoms with Gasteiger partial charge in [0.25, 0.3) is 0 Å². The van der Waals surface area contributed by atoms with E-state index >= 15 is 0 Å². The van der Waals surface area contributed by atoms with Gasteiger partial charge < -0.3 is 9.99 Å². The zero-order valence-corrected chi connectivity index (χ0v) is 13.5. The SMILES string of the molecule is Cc1cc(SOO[O-])ccc1OC(=O)CCCl.[Na+]. The summed E-state index contributed by atoms with van der Waals surface area (Å²) in [5.41, 5.74) is 0.743. The van der Waals surface area contributed by atoms with Crippen LogP contribution < -0.4 is 39.6 Å². The Morgan fingerprint density at radius 3 is 2.78 bits per heavy atom. The van der Waals surface area contributed by atoms with Crippen LogP contribution in [0.15, 0.2) is 23.1 Å². The molecule has 0 heterocycles. The van der Waals surface area contributed by atoms with Gasteiger partial charge in [-0.2, -0.15) is 4.33 Å². The Hall–Kier alpha value is 0.210. The second kappa shape index (κ2) is 10.1. The molecule has 0 bridgehead atoms. The third kappa shape index (κ3) is 6.40. The van der Waals surface area contributed by atoms with Crippen LogP contribution in [0.3, 0.4) is 0 Å². The molecule has 0 atom stereocenters. The first-order valence-electron chi connectivity index (χ1n) is 4.68. The second-order valence-corrected chi connectivity index (χ2v) is 4.21. The van der Waals surface area contributed by atoms with Crippen LogP contribution in [-0.2, 0) is 14.2 Å². The van der Waals surface area contributed by atoms with Crippen molar-refractivity contribution < 1.29 is 53.7 Å². The van der Waals surface area contributed by atoms with E-state index in [2.05, 4.69) is 9.37 Å². The van der Waals surface area contributed by atoms with Gasteiger partial charge in [-0.15, -0.1) is 11.6 Å². The van der Waals surface area contributed by atoms with Gasteiger partial charge in [-0.25, -0.2) is 0 Å². The third-order valence-corrected chi connectivity index (χ3v) is 2.59. The molecule has 0 amide bonds. The number of benzene rings is 1. The van der Waals surface area contributed by atoms with Gasteiger partial charge in [-0.1, -0.05) is 0 Å². The average molecular weight is 301 g/mol. The van der Waals surface area contributed by atoms with Gasteiger partial charge in [0.05, 0.1) is 18.5 Å². The van der Waals surface area contributed by atoms with E-state index in [9.17, 15) is 10.1 Å². The number of aryl methyl sites for hydroxylation is 1. The van der Waals surface area contributed by atoms with Crippen molar-refractivity contribution in [3.05, 3.63) is 23.8 Å². The molecule has 0 fully saturated rings. The molecule has 0 radical (unpaired) electrons. The maximum absolute atomic E-state index is 11.2. The monoisotopic (exact) mass is 300 g/mol. The third-order valence-electron chi connectivity index (χ3n) is 1.83. The number of rotatable bonds is 6. The van der Waals surface area contributed by atoms with E-state index in [-0.39, 0.29) is 47.8 Å². The molecule has 0 saturated heterocycles. The van der Waals surface area contributed by atoms with E-state index in [1.807, 2.05) is 0 Å². The van der Waals surface area contributed by atoms with E-state index in [0.29, 0.717) is 10.6 Å². The largest absolute Gasteiger partial charge is 1.00 e. The van der Waals surface area contributed by atoms with Gasteiger partial charge in [0.2, 0.25) is 0 Å². The summed E-state index contributed by atoms with van der Waals surface area (Å²) in [6.07, 6.45) is 0.157. The van der Waals surface area contributed by atoms with Crippen LogP contribution >= 0.6 is 23.6 Å². The zero-order valence-electron chi connectivity index (χ0n) is 9.97. The number of alkyl halides is 1. The van der Waals surface area contributed by atoms with Gasteiger partial charge >= 0.3 is 35.5 Å². The zero-order chi connectivity index (χ0) is 12.7. The Kier molecular flexibility index (Phi) is 10.2. The number of halogens is 1. The number of hydrogen-bond acceptors (Lipinski definition) is 6. The van der Waals surface area contributed by atoms with E-state index in [1.54, 1.807) is 25.1 Å². The predicted octanol–water partition coefficient (Wildman–Crippen LogP) is -1.24. The van der Waals surface area contributed by atoms with E-state index in [0.717, 1.165) is 17.6 Å². The number of hydrogen-bond donors (Lipinski definition) is 0. The van der Waals surface area contributed by atoms with Crippen molar-refractivity contribution in [2.75, 3.05) is 5.88 Å². The fourth-order valence-corrected chi connectivity index (χ4v) is 1.70. The fraction of sp³-hybridized carbons (Fsp3) is 0.300. The standard InChI is InChI=1S/C10H11ClO5S.Na/c1-7-6-8(17-16-15-13)2-3-9(7)14-10(12)4-5-11;/h2-3,6,13H,4-5H2,1H3;/q;+1/p-1. The van der Waals surface area contributed by atoms with Gasteiger partial charge in [0.1, 0.15) is 5.75 Å². The molecular weight excluding hydrogens is 291 g/mol. The van der Waals surface area contributed by atoms with Crippen molar-refractivity contribution in [1.29, 1.82) is 0 Å². The second-order valence-electron chi connectivity index (χ2n) is 3.06. The molecule has 94 valence electrons. The molecule has 1 rings (SSSR count). The molecule has 0 aliphatic rings. The molecule has 0 aliphatic carbocycles. The predicted molar refractivity (Wildman–Crippen MR) is 60.2 cm³/mol. The van der Waals surface area contributed by atoms with Crippen molar-refractivity contribution in [3.63, 3.8) is 0 Å². The van der Waals surface area contributed by atoms with E-state index in [4.69, 9.17) is 16.3 Å². The van der Waals surface area contributed by atoms with Crippen LogP contribution in [0.5, 0.6) is 5.75 Å². The van der Waals surface area contributed by atoms with Crippen LogP contribution in [0, 0.1) is 6.92 Å². The van der Waals surface area contributed by atoms with E-state index in [1.165, 1.54) is 0 Å². The first kappa shape index (κ1) is 18.2. The van der Waals surface area contributed by atoms with Crippen molar-refractivity contribution in [2.45, 2.75) is 18.2 Å². The van der Waals surface area contributed by atoms with Crippen molar-refractivity contribution in [1.82, 2.24) is 0 Å². The molecule has 0 unspecified atom stereocenters. The van der Waals surface area contributed by atoms with Gasteiger partial charge in [0, 0.05) is 10.8 Å². The average Bonchev–Trinajstić information content (AvgIpc) is 2.30. The molecule has 0 saturated carbocycles. The van der Waals surface area contributed by atoms with Crippen LogP contribution in [0.4, 0.5) is 0 Å². The van der Waals surface area contributed by atoms with Crippen LogP contribution in [0.1, 0.15) is 12.0 Å². The molecule has 0 spiro atoms. The van der Waals surface area contributed by atoms with Gasteiger partial charge in [0.15, 0.2) is 0 Å². The normalized spacial score (nSPS) is 9.72. The quantitative estimate of drug-likeness (QED) is 0.125. The molecule has 5 nitrogen and oxygen atoms in total. The Balaban J connectivity index is 0.00000289. The summed E-state index contributed by atoms with van der Waals surface area (Å²) in [5.74, 6) is 0.288. The van der Waals surface area contributed by atoms with Gasteiger partial charge in [-0.05, 0) is 30.7 Å². The first-order valence-corrected chi connectivity index (χ1v) is 5.95. The van der Waals surface area contributed by atoms with Gasteiger partial charge in [-0.3, -0.25) is 9.83 Å². The molecule has 18 heavy (non-hydrogen) atoms. The Labute approximate surface area is 136 Å². The first-order chi connectivity index (χ1) is 8.17. The number of ether oxygens (including phenoxy) is 1.